The molecule has 1 aliphatic heterocycles. The predicted octanol–water partition coefficient (Wildman–Crippen LogP) is -1.32. The van der Waals surface area contributed by atoms with Gasteiger partial charge in [-0.05, 0) is 23.8 Å². The molecule has 0 bridgehead atoms. The van der Waals surface area contributed by atoms with Crippen molar-refractivity contribution in [1.29, 1.82) is 0 Å². The third kappa shape index (κ3) is 5.01. The zero-order valence-corrected chi connectivity index (χ0v) is 15.8. The maximum absolute atomic E-state index is 11.6. The number of aliphatic hydroxyl groups excluding tert-OH is 3. The van der Waals surface area contributed by atoms with Gasteiger partial charge in [-0.1, -0.05) is 0 Å². The summed E-state index contributed by atoms with van der Waals surface area (Å²) in [6, 6.07) is 2.43. The maximum Gasteiger partial charge on any atom is 0.335 e. The molecule has 5 N–H and O–H groups in total. The summed E-state index contributed by atoms with van der Waals surface area (Å²) >= 11 is 0. The molecule has 11 nitrogen and oxygen atoms in total. The van der Waals surface area contributed by atoms with E-state index in [-0.39, 0.29) is 23.3 Å². The molecule has 11 heteroatoms. The van der Waals surface area contributed by atoms with Gasteiger partial charge in [0.05, 0.1) is 12.2 Å². The van der Waals surface area contributed by atoms with Crippen molar-refractivity contribution in [3.8, 4) is 5.75 Å². The van der Waals surface area contributed by atoms with E-state index in [9.17, 15) is 34.8 Å². The Hall–Kier alpha value is -2.73. The fourth-order valence-corrected chi connectivity index (χ4v) is 2.94. The number of carbonyl (C=O) groups is 3. The number of aliphatic carboxylic acids is 1. The van der Waals surface area contributed by atoms with E-state index in [0.717, 1.165) is 4.90 Å². The van der Waals surface area contributed by atoms with Crippen LogP contribution in [0, 0.1) is 0 Å². The van der Waals surface area contributed by atoms with Gasteiger partial charge < -0.3 is 39.9 Å². The van der Waals surface area contributed by atoms with E-state index in [4.69, 9.17) is 14.6 Å². The lowest BCUT2D eigenvalue weighted by Gasteiger charge is -2.24. The molecule has 1 fully saturated rings. The number of carbonyl (C=O) groups excluding carboxylic acids is 1. The Morgan fingerprint density at radius 3 is 2.34 bits per heavy atom. The van der Waals surface area contributed by atoms with E-state index in [2.05, 4.69) is 0 Å². The van der Waals surface area contributed by atoms with Crippen molar-refractivity contribution in [3.63, 3.8) is 0 Å². The minimum Gasteiger partial charge on any atom is -0.480 e. The normalized spacial score (nSPS) is 24.7. The van der Waals surface area contributed by atoms with Crippen LogP contribution in [0.4, 0.5) is 0 Å². The second-order valence-electron chi connectivity index (χ2n) is 6.64. The molecule has 1 aromatic carbocycles. The maximum atomic E-state index is 11.6. The molecular weight excluding hydrogens is 390 g/mol. The van der Waals surface area contributed by atoms with Gasteiger partial charge in [0.15, 0.2) is 0 Å². The second kappa shape index (κ2) is 9.18. The number of aliphatic hydroxyl groups is 3. The van der Waals surface area contributed by atoms with Crippen molar-refractivity contribution in [2.45, 2.75) is 44.0 Å². The Kier molecular flexibility index (Phi) is 7.14. The zero-order chi connectivity index (χ0) is 21.9. The van der Waals surface area contributed by atoms with Gasteiger partial charge in [-0.2, -0.15) is 0 Å². The molecular formula is C18H23NO10. The SMILES string of the molecule is CC(=O)N(C)[C@@H](Cc1cc(O[C@@H]2O[C@H](CO)[C@@H](O)[C@H]2O)ccc1C(=O)O)C(=O)O. The quantitative estimate of drug-likeness (QED) is 0.344. The van der Waals surface area contributed by atoms with E-state index in [1.165, 1.54) is 32.2 Å². The standard InChI is InChI=1S/C18H23NO10/c1-8(21)19(2)12(17(26)27)6-9-5-10(3-4-11(9)16(24)25)28-18-15(23)14(22)13(7-20)29-18/h3-5,12-15,18,20,22-23H,6-7H2,1-2H3,(H,24,25)(H,26,27)/t12-,13+,14+,15+,18+/m0/s1. The van der Waals surface area contributed by atoms with Crippen LogP contribution in [-0.2, 0) is 20.7 Å². The number of carboxylic acids is 2. The number of aromatic carboxylic acids is 1. The molecule has 1 saturated heterocycles. The molecule has 0 saturated carbocycles. The summed E-state index contributed by atoms with van der Waals surface area (Å²) in [5.74, 6) is -3.06. The summed E-state index contributed by atoms with van der Waals surface area (Å²) in [5.41, 5.74) is -0.0936. The van der Waals surface area contributed by atoms with E-state index < -0.39 is 55.1 Å². The van der Waals surface area contributed by atoms with Gasteiger partial charge in [0, 0.05) is 20.4 Å². The minimum atomic E-state index is -1.45. The molecule has 29 heavy (non-hydrogen) atoms. The Morgan fingerprint density at radius 2 is 1.86 bits per heavy atom. The Bertz CT molecular complexity index is 782. The monoisotopic (exact) mass is 413 g/mol. The van der Waals surface area contributed by atoms with E-state index in [1.54, 1.807) is 0 Å². The summed E-state index contributed by atoms with van der Waals surface area (Å²) in [6.45, 7) is 0.647. The molecule has 2 rings (SSSR count). The van der Waals surface area contributed by atoms with Gasteiger partial charge in [-0.3, -0.25) is 4.79 Å². The molecule has 0 unspecified atom stereocenters. The van der Waals surface area contributed by atoms with Crippen molar-refractivity contribution in [2.75, 3.05) is 13.7 Å². The number of benzene rings is 1. The average Bonchev–Trinajstić information content (AvgIpc) is 2.92. The highest BCUT2D eigenvalue weighted by molar-refractivity contribution is 5.90. The van der Waals surface area contributed by atoms with Crippen LogP contribution < -0.4 is 4.74 Å². The molecule has 1 aliphatic rings. The topological polar surface area (TPSA) is 174 Å². The number of ether oxygens (including phenoxy) is 2. The van der Waals surface area contributed by atoms with Gasteiger partial charge >= 0.3 is 11.9 Å². The van der Waals surface area contributed by atoms with Crippen molar-refractivity contribution >= 4 is 17.8 Å². The third-order valence-corrected chi connectivity index (χ3v) is 4.72. The molecule has 0 aliphatic carbocycles. The number of rotatable bonds is 8. The fourth-order valence-electron chi connectivity index (χ4n) is 2.94. The van der Waals surface area contributed by atoms with Gasteiger partial charge in [-0.25, -0.2) is 9.59 Å². The van der Waals surface area contributed by atoms with Gasteiger partial charge in [-0.15, -0.1) is 0 Å². The van der Waals surface area contributed by atoms with Crippen molar-refractivity contribution in [2.24, 2.45) is 0 Å². The highest BCUT2D eigenvalue weighted by Gasteiger charge is 2.44. The molecule has 5 atom stereocenters. The first-order valence-electron chi connectivity index (χ1n) is 8.68. The Balaban J connectivity index is 2.31. The second-order valence-corrected chi connectivity index (χ2v) is 6.64. The number of amides is 1. The molecule has 0 aromatic heterocycles. The molecule has 1 heterocycles. The Morgan fingerprint density at radius 1 is 1.21 bits per heavy atom. The molecule has 1 amide bonds. The van der Waals surface area contributed by atoms with Crippen LogP contribution in [-0.4, -0.2) is 92.6 Å². The lowest BCUT2D eigenvalue weighted by molar-refractivity contribution is -0.148. The largest absolute Gasteiger partial charge is 0.480 e. The number of hydrogen-bond acceptors (Lipinski definition) is 8. The zero-order valence-electron chi connectivity index (χ0n) is 15.8. The van der Waals surface area contributed by atoms with E-state index >= 15 is 0 Å². The van der Waals surface area contributed by atoms with Gasteiger partial charge in [0.1, 0.15) is 30.1 Å². The average molecular weight is 413 g/mol. The van der Waals surface area contributed by atoms with Crippen LogP contribution in [0.2, 0.25) is 0 Å². The number of nitrogens with zero attached hydrogens (tertiary/aromatic N) is 1. The van der Waals surface area contributed by atoms with Crippen LogP contribution in [0.25, 0.3) is 0 Å². The minimum absolute atomic E-state index is 0.0504. The summed E-state index contributed by atoms with van der Waals surface area (Å²) in [7, 11) is 1.29. The number of likely N-dealkylation sites (N-methyl/N-ethyl adjacent to an activating group) is 1. The lowest BCUT2D eigenvalue weighted by atomic mass is 9.99. The van der Waals surface area contributed by atoms with Crippen LogP contribution in [0.1, 0.15) is 22.8 Å². The van der Waals surface area contributed by atoms with Crippen molar-refractivity contribution in [3.05, 3.63) is 29.3 Å². The molecule has 1 aromatic rings. The summed E-state index contributed by atoms with van der Waals surface area (Å²) in [5, 5.41) is 47.7. The van der Waals surface area contributed by atoms with Crippen LogP contribution in [0.15, 0.2) is 18.2 Å². The number of hydrogen-bond donors (Lipinski definition) is 5. The first-order valence-corrected chi connectivity index (χ1v) is 8.68. The highest BCUT2D eigenvalue weighted by atomic mass is 16.7. The predicted molar refractivity (Wildman–Crippen MR) is 95.4 cm³/mol. The van der Waals surface area contributed by atoms with E-state index in [1.807, 2.05) is 0 Å². The van der Waals surface area contributed by atoms with Gasteiger partial charge in [0.2, 0.25) is 12.2 Å². The van der Waals surface area contributed by atoms with Gasteiger partial charge in [0.25, 0.3) is 0 Å². The van der Waals surface area contributed by atoms with Crippen LogP contribution >= 0.6 is 0 Å². The first kappa shape index (κ1) is 22.6. The van der Waals surface area contributed by atoms with Crippen LogP contribution in [0.3, 0.4) is 0 Å². The van der Waals surface area contributed by atoms with E-state index in [0.29, 0.717) is 0 Å². The first-order chi connectivity index (χ1) is 13.6. The molecule has 0 spiro atoms. The van der Waals surface area contributed by atoms with Crippen molar-refractivity contribution < 1.29 is 49.4 Å². The highest BCUT2D eigenvalue weighted by Crippen LogP contribution is 2.27. The number of carboxylic acid groups (broad SMARTS) is 2. The molecule has 0 radical (unpaired) electrons. The summed E-state index contributed by atoms with van der Waals surface area (Å²) in [4.78, 5) is 35.6. The smallest absolute Gasteiger partial charge is 0.335 e. The summed E-state index contributed by atoms with van der Waals surface area (Å²) in [6.07, 6.45) is -5.50. The lowest BCUT2D eigenvalue weighted by Crippen LogP contribution is -2.43. The van der Waals surface area contributed by atoms with Crippen molar-refractivity contribution in [1.82, 2.24) is 4.90 Å². The fraction of sp³-hybridized carbons (Fsp3) is 0.500. The molecule has 160 valence electrons. The third-order valence-electron chi connectivity index (χ3n) is 4.72. The van der Waals surface area contributed by atoms with Crippen LogP contribution in [0.5, 0.6) is 5.75 Å². The Labute approximate surface area is 165 Å². The summed E-state index contributed by atoms with van der Waals surface area (Å²) < 4.78 is 10.7.